The van der Waals surface area contributed by atoms with Crippen molar-refractivity contribution in [3.63, 3.8) is 0 Å². The molecule has 0 atom stereocenters. The molecule has 5 nitrogen and oxygen atoms in total. The maximum atomic E-state index is 11.5. The minimum absolute atomic E-state index is 0.172. The molecule has 0 saturated heterocycles. The standard InChI is InChI=1S/C12H14O5S/c1-4-17-11(13)12(14)18-10-6-5-8(15-2)7-9(10)16-3/h5-7H,4H2,1-3H3. The monoisotopic (exact) mass is 270 g/mol. The first-order valence-corrected chi connectivity index (χ1v) is 6.05. The molecule has 0 spiro atoms. The number of ether oxygens (including phenoxy) is 3. The van der Waals surface area contributed by atoms with Crippen LogP contribution in [-0.2, 0) is 14.3 Å². The van der Waals surface area contributed by atoms with Gasteiger partial charge in [-0.3, -0.25) is 4.79 Å². The topological polar surface area (TPSA) is 61.8 Å². The van der Waals surface area contributed by atoms with Crippen molar-refractivity contribution in [1.29, 1.82) is 0 Å². The highest BCUT2D eigenvalue weighted by Crippen LogP contribution is 2.33. The van der Waals surface area contributed by atoms with Gasteiger partial charge in [-0.1, -0.05) is 0 Å². The quantitative estimate of drug-likeness (QED) is 0.473. The highest BCUT2D eigenvalue weighted by molar-refractivity contribution is 8.15. The maximum absolute atomic E-state index is 11.5. The normalized spacial score (nSPS) is 9.72. The van der Waals surface area contributed by atoms with Crippen LogP contribution in [0.4, 0.5) is 0 Å². The van der Waals surface area contributed by atoms with E-state index in [-0.39, 0.29) is 6.61 Å². The highest BCUT2D eigenvalue weighted by Gasteiger charge is 2.19. The molecule has 0 aliphatic rings. The third-order valence-corrected chi connectivity index (χ3v) is 2.92. The molecule has 1 rings (SSSR count). The summed E-state index contributed by atoms with van der Waals surface area (Å²) in [5, 5.41) is -0.680. The Hall–Kier alpha value is -1.69. The zero-order valence-corrected chi connectivity index (χ0v) is 11.2. The van der Waals surface area contributed by atoms with Crippen molar-refractivity contribution in [3.8, 4) is 11.5 Å². The molecule has 98 valence electrons. The SMILES string of the molecule is CCOC(=O)C(=O)Sc1ccc(OC)cc1OC. The fourth-order valence-corrected chi connectivity index (χ4v) is 1.91. The van der Waals surface area contributed by atoms with E-state index in [0.29, 0.717) is 16.4 Å². The largest absolute Gasteiger partial charge is 0.497 e. The Morgan fingerprint density at radius 2 is 1.94 bits per heavy atom. The minimum atomic E-state index is -0.861. The van der Waals surface area contributed by atoms with Gasteiger partial charge in [0, 0.05) is 6.07 Å². The summed E-state index contributed by atoms with van der Waals surface area (Å²) in [6, 6.07) is 4.98. The van der Waals surface area contributed by atoms with Crippen molar-refractivity contribution in [2.75, 3.05) is 20.8 Å². The molecule has 0 saturated carbocycles. The van der Waals surface area contributed by atoms with Crippen molar-refractivity contribution < 1.29 is 23.8 Å². The number of hydrogen-bond donors (Lipinski definition) is 0. The molecular weight excluding hydrogens is 256 g/mol. The summed E-state index contributed by atoms with van der Waals surface area (Å²) in [4.78, 5) is 23.3. The van der Waals surface area contributed by atoms with Crippen LogP contribution in [0.25, 0.3) is 0 Å². The third-order valence-electron chi connectivity index (χ3n) is 2.02. The summed E-state index contributed by atoms with van der Waals surface area (Å²) in [5.74, 6) is 0.220. The average molecular weight is 270 g/mol. The number of thioether (sulfide) groups is 1. The van der Waals surface area contributed by atoms with Crippen LogP contribution in [0.3, 0.4) is 0 Å². The molecule has 18 heavy (non-hydrogen) atoms. The number of rotatable bonds is 4. The van der Waals surface area contributed by atoms with E-state index in [1.165, 1.54) is 14.2 Å². The summed E-state index contributed by atoms with van der Waals surface area (Å²) >= 11 is 0.768. The molecule has 1 aromatic carbocycles. The van der Waals surface area contributed by atoms with Gasteiger partial charge in [0.05, 0.1) is 25.7 Å². The van der Waals surface area contributed by atoms with Crippen LogP contribution in [-0.4, -0.2) is 31.9 Å². The van der Waals surface area contributed by atoms with Crippen LogP contribution in [0, 0.1) is 0 Å². The molecule has 0 unspecified atom stereocenters. The Labute approximate surface area is 109 Å². The lowest BCUT2D eigenvalue weighted by atomic mass is 10.3. The van der Waals surface area contributed by atoms with Crippen molar-refractivity contribution in [2.45, 2.75) is 11.8 Å². The second-order valence-electron chi connectivity index (χ2n) is 3.13. The molecule has 0 heterocycles. The summed E-state index contributed by atoms with van der Waals surface area (Å²) in [7, 11) is 3.01. The van der Waals surface area contributed by atoms with E-state index in [1.54, 1.807) is 25.1 Å². The molecule has 0 radical (unpaired) electrons. The number of hydrogen-bond acceptors (Lipinski definition) is 6. The van der Waals surface area contributed by atoms with Crippen LogP contribution in [0.2, 0.25) is 0 Å². The molecule has 1 aromatic rings. The highest BCUT2D eigenvalue weighted by atomic mass is 32.2. The second-order valence-corrected chi connectivity index (χ2v) is 4.14. The van der Waals surface area contributed by atoms with Crippen LogP contribution in [0.5, 0.6) is 11.5 Å². The lowest BCUT2D eigenvalue weighted by Crippen LogP contribution is -2.13. The number of carbonyl (C=O) groups excluding carboxylic acids is 2. The van der Waals surface area contributed by atoms with Crippen molar-refractivity contribution in [1.82, 2.24) is 0 Å². The Bertz CT molecular complexity index is 444. The summed E-state index contributed by atoms with van der Waals surface area (Å²) in [6.45, 7) is 1.81. The lowest BCUT2D eigenvalue weighted by molar-refractivity contribution is -0.149. The first kappa shape index (κ1) is 14.4. The Balaban J connectivity index is 2.84. The second kappa shape index (κ2) is 6.90. The number of carbonyl (C=O) groups is 2. The summed E-state index contributed by atoms with van der Waals surface area (Å²) in [5.41, 5.74) is 0. The van der Waals surface area contributed by atoms with Gasteiger partial charge in [-0.15, -0.1) is 0 Å². The molecule has 0 aliphatic carbocycles. The molecule has 0 amide bonds. The fourth-order valence-electron chi connectivity index (χ4n) is 1.19. The molecule has 0 aliphatic heterocycles. The van der Waals surface area contributed by atoms with Crippen molar-refractivity contribution in [3.05, 3.63) is 18.2 Å². The van der Waals surface area contributed by atoms with Crippen LogP contribution < -0.4 is 9.47 Å². The van der Waals surface area contributed by atoms with E-state index in [9.17, 15) is 9.59 Å². The van der Waals surface area contributed by atoms with E-state index < -0.39 is 11.1 Å². The molecule has 0 N–H and O–H groups in total. The van der Waals surface area contributed by atoms with Crippen molar-refractivity contribution >= 4 is 22.8 Å². The smallest absolute Gasteiger partial charge is 0.386 e. The molecule has 0 fully saturated rings. The first-order valence-electron chi connectivity index (χ1n) is 5.23. The van der Waals surface area contributed by atoms with Gasteiger partial charge in [0.1, 0.15) is 11.5 Å². The van der Waals surface area contributed by atoms with Gasteiger partial charge in [0.2, 0.25) is 0 Å². The Morgan fingerprint density at radius 3 is 2.50 bits per heavy atom. The fraction of sp³-hybridized carbons (Fsp3) is 0.333. The van der Waals surface area contributed by atoms with Gasteiger partial charge in [-0.25, -0.2) is 4.79 Å². The van der Waals surface area contributed by atoms with Gasteiger partial charge < -0.3 is 14.2 Å². The van der Waals surface area contributed by atoms with Gasteiger partial charge >= 0.3 is 11.1 Å². The van der Waals surface area contributed by atoms with E-state index in [0.717, 1.165) is 11.8 Å². The van der Waals surface area contributed by atoms with E-state index >= 15 is 0 Å². The predicted octanol–water partition coefficient (Wildman–Crippen LogP) is 1.89. The molecular formula is C12H14O5S. The Morgan fingerprint density at radius 1 is 1.22 bits per heavy atom. The van der Waals surface area contributed by atoms with Gasteiger partial charge in [0.25, 0.3) is 0 Å². The predicted molar refractivity (Wildman–Crippen MR) is 67.0 cm³/mol. The first-order chi connectivity index (χ1) is 8.62. The average Bonchev–Trinajstić information content (AvgIpc) is 2.39. The number of benzene rings is 1. The summed E-state index contributed by atoms with van der Waals surface area (Å²) in [6.07, 6.45) is 0. The van der Waals surface area contributed by atoms with E-state index in [4.69, 9.17) is 9.47 Å². The number of esters is 1. The zero-order valence-electron chi connectivity index (χ0n) is 10.4. The minimum Gasteiger partial charge on any atom is -0.497 e. The van der Waals surface area contributed by atoms with Gasteiger partial charge in [-0.2, -0.15) is 0 Å². The summed E-state index contributed by atoms with van der Waals surface area (Å²) < 4.78 is 14.8. The van der Waals surface area contributed by atoms with Gasteiger partial charge in [0.15, 0.2) is 0 Å². The third kappa shape index (κ3) is 3.66. The van der Waals surface area contributed by atoms with Crippen LogP contribution in [0.1, 0.15) is 6.92 Å². The maximum Gasteiger partial charge on any atom is 0.386 e. The van der Waals surface area contributed by atoms with Crippen LogP contribution >= 0.6 is 11.8 Å². The van der Waals surface area contributed by atoms with Crippen LogP contribution in [0.15, 0.2) is 23.1 Å². The molecule has 0 aromatic heterocycles. The number of methoxy groups -OCH3 is 2. The van der Waals surface area contributed by atoms with E-state index in [1.807, 2.05) is 0 Å². The Kier molecular flexibility index (Phi) is 5.51. The van der Waals surface area contributed by atoms with E-state index in [2.05, 4.69) is 4.74 Å². The molecule has 0 bridgehead atoms. The van der Waals surface area contributed by atoms with Gasteiger partial charge in [-0.05, 0) is 30.8 Å². The zero-order chi connectivity index (χ0) is 13.5. The lowest BCUT2D eigenvalue weighted by Gasteiger charge is -2.08. The molecule has 6 heteroatoms. The van der Waals surface area contributed by atoms with Crippen molar-refractivity contribution in [2.24, 2.45) is 0 Å².